The van der Waals surface area contributed by atoms with Crippen LogP contribution in [-0.4, -0.2) is 41.2 Å². The number of nitrogens with zero attached hydrogens (tertiary/aromatic N) is 2. The van der Waals surface area contributed by atoms with Crippen molar-refractivity contribution >= 4 is 23.1 Å². The average Bonchev–Trinajstić information content (AvgIpc) is 2.87. The van der Waals surface area contributed by atoms with E-state index in [-0.39, 0.29) is 6.04 Å². The van der Waals surface area contributed by atoms with Crippen molar-refractivity contribution in [2.45, 2.75) is 38.3 Å². The van der Waals surface area contributed by atoms with Gasteiger partial charge in [-0.3, -0.25) is 4.90 Å². The highest BCUT2D eigenvalue weighted by molar-refractivity contribution is 5.86. The molecule has 1 N–H and O–H groups in total. The van der Waals surface area contributed by atoms with E-state index < -0.39 is 6.10 Å². The van der Waals surface area contributed by atoms with Crippen LogP contribution in [0.15, 0.2) is 54.6 Å². The Labute approximate surface area is 190 Å². The Morgan fingerprint density at radius 1 is 1.16 bits per heavy atom. The van der Waals surface area contributed by atoms with Gasteiger partial charge in [-0.05, 0) is 72.7 Å². The fourth-order valence-corrected chi connectivity index (χ4v) is 5.63. The molecule has 3 saturated heterocycles. The second-order valence-corrected chi connectivity index (χ2v) is 9.22. The smallest absolute Gasteiger partial charge is 0.119 e. The fourth-order valence-electron chi connectivity index (χ4n) is 5.63. The number of aliphatic hydroxyl groups is 1. The molecule has 2 bridgehead atoms. The molecule has 0 aliphatic carbocycles. The molecule has 0 radical (unpaired) electrons. The van der Waals surface area contributed by atoms with E-state index in [4.69, 9.17) is 9.72 Å². The lowest BCUT2D eigenvalue weighted by Gasteiger charge is -2.51. The van der Waals surface area contributed by atoms with Gasteiger partial charge in [0.15, 0.2) is 0 Å². The van der Waals surface area contributed by atoms with E-state index in [1.807, 2.05) is 42.5 Å². The van der Waals surface area contributed by atoms with Crippen LogP contribution >= 0.6 is 0 Å². The van der Waals surface area contributed by atoms with Crippen LogP contribution in [0.2, 0.25) is 0 Å². The standard InChI is InChI=1S/C28H32N2O2/c1-3-20-18-30-14-13-21(20)15-27(30)28(31)25-16-22(10-9-19-7-5-4-6-8-19)29-26-12-11-23(32-2)17-24(25)26/h4-12,16-17,20-21,27-28,31H,3,13-15,18H2,1-2H3/b10-9+/t20-,21-,27?,28+/m0/s1. The third kappa shape index (κ3) is 4.05. The summed E-state index contributed by atoms with van der Waals surface area (Å²) in [5, 5.41) is 12.6. The van der Waals surface area contributed by atoms with Gasteiger partial charge in [0, 0.05) is 18.0 Å². The van der Waals surface area contributed by atoms with E-state index in [0.717, 1.165) is 64.8 Å². The molecular weight excluding hydrogens is 396 g/mol. The summed E-state index contributed by atoms with van der Waals surface area (Å²) in [6.45, 7) is 4.50. The van der Waals surface area contributed by atoms with Crippen molar-refractivity contribution in [3.63, 3.8) is 0 Å². The molecule has 32 heavy (non-hydrogen) atoms. The van der Waals surface area contributed by atoms with Gasteiger partial charge in [-0.15, -0.1) is 0 Å². The topological polar surface area (TPSA) is 45.6 Å². The van der Waals surface area contributed by atoms with Crippen LogP contribution in [0.5, 0.6) is 5.75 Å². The molecule has 3 aliphatic rings. The van der Waals surface area contributed by atoms with Gasteiger partial charge >= 0.3 is 0 Å². The minimum atomic E-state index is -0.544. The maximum Gasteiger partial charge on any atom is 0.119 e. The monoisotopic (exact) mass is 428 g/mol. The summed E-state index contributed by atoms with van der Waals surface area (Å²) in [6, 6.07) is 18.4. The molecule has 3 aliphatic heterocycles. The van der Waals surface area contributed by atoms with Gasteiger partial charge in [-0.2, -0.15) is 0 Å². The highest BCUT2D eigenvalue weighted by atomic mass is 16.5. The zero-order valence-electron chi connectivity index (χ0n) is 18.9. The number of benzene rings is 2. The quantitative estimate of drug-likeness (QED) is 0.558. The Hall–Kier alpha value is -2.69. The van der Waals surface area contributed by atoms with E-state index in [1.165, 1.54) is 12.8 Å². The molecular formula is C28H32N2O2. The van der Waals surface area contributed by atoms with Gasteiger partial charge in [0.05, 0.1) is 24.4 Å². The number of fused-ring (bicyclic) bond motifs is 4. The van der Waals surface area contributed by atoms with Crippen molar-refractivity contribution < 1.29 is 9.84 Å². The normalized spacial score (nSPS) is 26.0. The Morgan fingerprint density at radius 3 is 2.72 bits per heavy atom. The van der Waals surface area contributed by atoms with Crippen molar-refractivity contribution in [1.82, 2.24) is 9.88 Å². The molecule has 2 unspecified atom stereocenters. The van der Waals surface area contributed by atoms with E-state index in [2.05, 4.69) is 36.1 Å². The van der Waals surface area contributed by atoms with Crippen molar-refractivity contribution in [3.8, 4) is 5.75 Å². The number of hydrogen-bond donors (Lipinski definition) is 1. The zero-order chi connectivity index (χ0) is 22.1. The maximum atomic E-state index is 11.7. The van der Waals surface area contributed by atoms with Crippen LogP contribution in [0.25, 0.3) is 23.1 Å². The first-order valence-corrected chi connectivity index (χ1v) is 11.8. The second kappa shape index (κ2) is 9.05. The third-order valence-corrected chi connectivity index (χ3v) is 7.46. The molecule has 3 aromatic rings. The predicted molar refractivity (Wildman–Crippen MR) is 130 cm³/mol. The van der Waals surface area contributed by atoms with Gasteiger partial charge in [0.25, 0.3) is 0 Å². The predicted octanol–water partition coefficient (Wildman–Crippen LogP) is 5.57. The maximum absolute atomic E-state index is 11.7. The minimum Gasteiger partial charge on any atom is -0.497 e. The van der Waals surface area contributed by atoms with E-state index in [9.17, 15) is 5.11 Å². The van der Waals surface area contributed by atoms with Crippen LogP contribution in [0.4, 0.5) is 0 Å². The molecule has 4 heteroatoms. The molecule has 0 saturated carbocycles. The van der Waals surface area contributed by atoms with Crippen molar-refractivity contribution in [2.75, 3.05) is 20.2 Å². The minimum absolute atomic E-state index is 0.166. The average molecular weight is 429 g/mol. The Kier molecular flexibility index (Phi) is 5.99. The molecule has 0 spiro atoms. The first kappa shape index (κ1) is 21.2. The van der Waals surface area contributed by atoms with E-state index in [0.29, 0.717) is 0 Å². The first-order valence-electron chi connectivity index (χ1n) is 11.8. The molecule has 1 aromatic heterocycles. The summed E-state index contributed by atoms with van der Waals surface area (Å²) in [7, 11) is 1.68. The summed E-state index contributed by atoms with van der Waals surface area (Å²) in [5.74, 6) is 2.28. The van der Waals surface area contributed by atoms with Gasteiger partial charge in [0.1, 0.15) is 5.75 Å². The largest absolute Gasteiger partial charge is 0.497 e. The number of methoxy groups -OCH3 is 1. The van der Waals surface area contributed by atoms with E-state index in [1.54, 1.807) is 7.11 Å². The molecule has 2 aromatic carbocycles. The molecule has 166 valence electrons. The number of hydrogen-bond acceptors (Lipinski definition) is 4. The second-order valence-electron chi connectivity index (χ2n) is 9.22. The summed E-state index contributed by atoms with van der Waals surface area (Å²) in [5.41, 5.74) is 3.83. The molecule has 5 atom stereocenters. The number of pyridine rings is 1. The van der Waals surface area contributed by atoms with Crippen molar-refractivity contribution in [3.05, 3.63) is 71.4 Å². The molecule has 4 nitrogen and oxygen atoms in total. The van der Waals surface area contributed by atoms with Crippen LogP contribution < -0.4 is 4.74 Å². The van der Waals surface area contributed by atoms with Crippen LogP contribution in [-0.2, 0) is 0 Å². The highest BCUT2D eigenvalue weighted by Gasteiger charge is 2.42. The summed E-state index contributed by atoms with van der Waals surface area (Å²) < 4.78 is 5.48. The Bertz CT molecular complexity index is 1110. The first-order chi connectivity index (χ1) is 15.7. The van der Waals surface area contributed by atoms with Gasteiger partial charge in [-0.25, -0.2) is 4.98 Å². The van der Waals surface area contributed by atoms with Crippen LogP contribution in [0, 0.1) is 11.8 Å². The number of piperidine rings is 3. The zero-order valence-corrected chi connectivity index (χ0v) is 18.9. The van der Waals surface area contributed by atoms with Gasteiger partial charge < -0.3 is 9.84 Å². The van der Waals surface area contributed by atoms with Crippen LogP contribution in [0.1, 0.15) is 49.1 Å². The Morgan fingerprint density at radius 2 is 2.00 bits per heavy atom. The summed E-state index contributed by atoms with van der Waals surface area (Å²) in [6.07, 6.45) is 7.13. The lowest BCUT2D eigenvalue weighted by atomic mass is 9.72. The summed E-state index contributed by atoms with van der Waals surface area (Å²) in [4.78, 5) is 7.38. The SMILES string of the molecule is CC[C@H]1CN2CC[C@H]1CC2[C@H](O)c1cc(/C=C/c2ccccc2)nc2ccc(OC)cc12. The number of ether oxygens (including phenoxy) is 1. The molecule has 3 fully saturated rings. The lowest BCUT2D eigenvalue weighted by molar-refractivity contribution is -0.0562. The van der Waals surface area contributed by atoms with Crippen molar-refractivity contribution in [2.24, 2.45) is 11.8 Å². The third-order valence-electron chi connectivity index (χ3n) is 7.46. The fraction of sp³-hybridized carbons (Fsp3) is 0.393. The highest BCUT2D eigenvalue weighted by Crippen LogP contribution is 2.43. The summed E-state index contributed by atoms with van der Waals surface area (Å²) >= 11 is 0. The number of aliphatic hydroxyl groups excluding tert-OH is 1. The Balaban J connectivity index is 1.53. The van der Waals surface area contributed by atoms with Gasteiger partial charge in [-0.1, -0.05) is 49.8 Å². The van der Waals surface area contributed by atoms with E-state index >= 15 is 0 Å². The lowest BCUT2D eigenvalue weighted by Crippen LogP contribution is -2.55. The van der Waals surface area contributed by atoms with Gasteiger partial charge in [0.2, 0.25) is 0 Å². The van der Waals surface area contributed by atoms with Crippen LogP contribution in [0.3, 0.4) is 0 Å². The van der Waals surface area contributed by atoms with Crippen molar-refractivity contribution in [1.29, 1.82) is 0 Å². The molecule has 4 heterocycles. The number of aromatic nitrogens is 1. The number of rotatable bonds is 6. The molecule has 0 amide bonds. The molecule has 6 rings (SSSR count).